The maximum atomic E-state index is 11.6. The summed E-state index contributed by atoms with van der Waals surface area (Å²) in [5, 5.41) is 0. The molecule has 0 atom stereocenters. The summed E-state index contributed by atoms with van der Waals surface area (Å²) in [4.78, 5) is 2.12. The Morgan fingerprint density at radius 1 is 1.71 bits per heavy atom. The molecule has 0 bridgehead atoms. The summed E-state index contributed by atoms with van der Waals surface area (Å²) in [6.45, 7) is 1.78. The molecule has 2 heteroatoms. The third kappa shape index (κ3) is 0.911. The molecule has 1 aliphatic heterocycles. The van der Waals surface area contributed by atoms with Gasteiger partial charge in [0.25, 0.3) is 0 Å². The molecule has 1 saturated heterocycles. The van der Waals surface area contributed by atoms with Crippen molar-refractivity contribution in [2.75, 3.05) is 26.8 Å². The topological polar surface area (TPSA) is 3.24 Å². The molecular weight excluding hydrogens is 93.1 g/mol. The van der Waals surface area contributed by atoms with Crippen molar-refractivity contribution in [3.63, 3.8) is 0 Å². The van der Waals surface area contributed by atoms with Crippen LogP contribution in [0.5, 0.6) is 0 Å². The highest BCUT2D eigenvalue weighted by Crippen LogP contribution is 2.11. The zero-order valence-corrected chi connectivity index (χ0v) is 4.52. The summed E-state index contributed by atoms with van der Waals surface area (Å²) >= 11 is 0. The highest BCUT2D eigenvalue weighted by atomic mass is 19.1. The van der Waals surface area contributed by atoms with Crippen LogP contribution in [0.3, 0.4) is 0 Å². The average molecular weight is 103 g/mol. The Hall–Kier alpha value is -0.110. The zero-order chi connectivity index (χ0) is 5.28. The van der Waals surface area contributed by atoms with Gasteiger partial charge >= 0.3 is 0 Å². The summed E-state index contributed by atoms with van der Waals surface area (Å²) in [5.41, 5.74) is 0. The maximum absolute atomic E-state index is 11.6. The van der Waals surface area contributed by atoms with E-state index < -0.39 is 0 Å². The average Bonchev–Trinajstić information content (AvgIpc) is 1.58. The van der Waals surface area contributed by atoms with Gasteiger partial charge in [-0.1, -0.05) is 0 Å². The minimum Gasteiger partial charge on any atom is -0.306 e. The first-order chi connectivity index (χ1) is 3.33. The number of hydrogen-bond acceptors (Lipinski definition) is 1. The molecule has 0 aromatic rings. The van der Waals surface area contributed by atoms with Crippen molar-refractivity contribution in [3.05, 3.63) is 0 Å². The van der Waals surface area contributed by atoms with Gasteiger partial charge in [0.15, 0.2) is 0 Å². The number of halogens is 1. The monoisotopic (exact) mass is 103 g/mol. The summed E-state index contributed by atoms with van der Waals surface area (Å²) in [6, 6.07) is 0. The molecule has 0 amide bonds. The molecule has 1 fully saturated rings. The summed E-state index contributed by atoms with van der Waals surface area (Å²) in [7, 11) is 2.01. The third-order valence-corrected chi connectivity index (χ3v) is 1.36. The minimum atomic E-state index is -0.135. The van der Waals surface area contributed by atoms with E-state index in [1.165, 1.54) is 0 Å². The first kappa shape index (κ1) is 5.04. The van der Waals surface area contributed by atoms with Gasteiger partial charge in [-0.3, -0.25) is 4.39 Å². The summed E-state index contributed by atoms with van der Waals surface area (Å²) in [5.74, 6) is 0.352. The van der Waals surface area contributed by atoms with Crippen LogP contribution in [-0.2, 0) is 0 Å². The van der Waals surface area contributed by atoms with Crippen LogP contribution in [0.4, 0.5) is 4.39 Å². The quantitative estimate of drug-likeness (QED) is 0.467. The fourth-order valence-corrected chi connectivity index (χ4v) is 0.926. The maximum Gasteiger partial charge on any atom is 0.0947 e. The number of alkyl halides is 1. The van der Waals surface area contributed by atoms with Crippen LogP contribution < -0.4 is 0 Å². The Morgan fingerprint density at radius 3 is 2.43 bits per heavy atom. The van der Waals surface area contributed by atoms with Gasteiger partial charge in [0.1, 0.15) is 0 Å². The second kappa shape index (κ2) is 1.78. The second-order valence-electron chi connectivity index (χ2n) is 2.24. The van der Waals surface area contributed by atoms with Gasteiger partial charge in [-0.25, -0.2) is 0 Å². The Balaban J connectivity index is 2.06. The summed E-state index contributed by atoms with van der Waals surface area (Å²) in [6.07, 6.45) is 0. The molecule has 0 aromatic carbocycles. The van der Waals surface area contributed by atoms with Gasteiger partial charge in [-0.15, -0.1) is 0 Å². The predicted octanol–water partition coefficient (Wildman–Crippen LogP) is 0.517. The molecule has 0 aliphatic carbocycles. The summed E-state index contributed by atoms with van der Waals surface area (Å²) < 4.78 is 11.6. The SMILES string of the molecule is CN1CC(CF)C1. The van der Waals surface area contributed by atoms with Crippen LogP contribution in [-0.4, -0.2) is 31.7 Å². The van der Waals surface area contributed by atoms with Gasteiger partial charge < -0.3 is 4.90 Å². The van der Waals surface area contributed by atoms with E-state index >= 15 is 0 Å². The lowest BCUT2D eigenvalue weighted by Crippen LogP contribution is -2.44. The van der Waals surface area contributed by atoms with Crippen LogP contribution >= 0.6 is 0 Å². The number of nitrogens with zero attached hydrogens (tertiary/aromatic N) is 1. The van der Waals surface area contributed by atoms with Crippen molar-refractivity contribution in [1.29, 1.82) is 0 Å². The van der Waals surface area contributed by atoms with Gasteiger partial charge in [-0.2, -0.15) is 0 Å². The highest BCUT2D eigenvalue weighted by Gasteiger charge is 2.21. The van der Waals surface area contributed by atoms with Crippen molar-refractivity contribution in [3.8, 4) is 0 Å². The van der Waals surface area contributed by atoms with E-state index in [1.807, 2.05) is 7.05 Å². The Kier molecular flexibility index (Phi) is 1.28. The van der Waals surface area contributed by atoms with E-state index in [0.717, 1.165) is 13.1 Å². The normalized spacial score (nSPS) is 24.9. The molecule has 1 rings (SSSR count). The largest absolute Gasteiger partial charge is 0.306 e. The molecule has 1 heterocycles. The molecule has 0 unspecified atom stereocenters. The van der Waals surface area contributed by atoms with Crippen LogP contribution in [0, 0.1) is 5.92 Å². The second-order valence-corrected chi connectivity index (χ2v) is 2.24. The lowest BCUT2D eigenvalue weighted by molar-refractivity contribution is 0.110. The van der Waals surface area contributed by atoms with Gasteiger partial charge in [0.05, 0.1) is 6.67 Å². The lowest BCUT2D eigenvalue weighted by atomic mass is 10.0. The van der Waals surface area contributed by atoms with Crippen LogP contribution in [0.1, 0.15) is 0 Å². The van der Waals surface area contributed by atoms with E-state index in [4.69, 9.17) is 0 Å². The van der Waals surface area contributed by atoms with E-state index in [9.17, 15) is 4.39 Å². The van der Waals surface area contributed by atoms with Crippen LogP contribution in [0.15, 0.2) is 0 Å². The van der Waals surface area contributed by atoms with Crippen LogP contribution in [0.2, 0.25) is 0 Å². The molecular formula is C5H10FN. The van der Waals surface area contributed by atoms with Crippen molar-refractivity contribution < 1.29 is 4.39 Å². The molecule has 0 saturated carbocycles. The first-order valence-corrected chi connectivity index (χ1v) is 2.57. The smallest absolute Gasteiger partial charge is 0.0947 e. The van der Waals surface area contributed by atoms with E-state index in [2.05, 4.69) is 4.90 Å². The van der Waals surface area contributed by atoms with Crippen molar-refractivity contribution in [1.82, 2.24) is 4.90 Å². The van der Waals surface area contributed by atoms with Crippen molar-refractivity contribution >= 4 is 0 Å². The molecule has 7 heavy (non-hydrogen) atoms. The number of likely N-dealkylation sites (tertiary alicyclic amines) is 1. The molecule has 0 N–H and O–H groups in total. The Labute approximate surface area is 43.1 Å². The lowest BCUT2D eigenvalue weighted by Gasteiger charge is -2.33. The predicted molar refractivity (Wildman–Crippen MR) is 27.0 cm³/mol. The van der Waals surface area contributed by atoms with Crippen LogP contribution in [0.25, 0.3) is 0 Å². The Morgan fingerprint density at radius 2 is 2.29 bits per heavy atom. The minimum absolute atomic E-state index is 0.135. The fourth-order valence-electron chi connectivity index (χ4n) is 0.926. The number of rotatable bonds is 1. The molecule has 42 valence electrons. The molecule has 1 nitrogen and oxygen atoms in total. The molecule has 0 spiro atoms. The van der Waals surface area contributed by atoms with Crippen molar-refractivity contribution in [2.45, 2.75) is 0 Å². The van der Waals surface area contributed by atoms with Gasteiger partial charge in [0, 0.05) is 19.0 Å². The van der Waals surface area contributed by atoms with Crippen molar-refractivity contribution in [2.24, 2.45) is 5.92 Å². The van der Waals surface area contributed by atoms with E-state index in [1.54, 1.807) is 0 Å². The van der Waals surface area contributed by atoms with Gasteiger partial charge in [-0.05, 0) is 7.05 Å². The molecule has 1 aliphatic rings. The number of hydrogen-bond donors (Lipinski definition) is 0. The highest BCUT2D eigenvalue weighted by molar-refractivity contribution is 4.75. The first-order valence-electron chi connectivity index (χ1n) is 2.57. The zero-order valence-electron chi connectivity index (χ0n) is 4.52. The van der Waals surface area contributed by atoms with E-state index in [-0.39, 0.29) is 6.67 Å². The molecule has 0 aromatic heterocycles. The van der Waals surface area contributed by atoms with Gasteiger partial charge in [0.2, 0.25) is 0 Å². The molecule has 0 radical (unpaired) electrons. The Bertz CT molecular complexity index is 59.1. The fraction of sp³-hybridized carbons (Fsp3) is 1.00. The standard InChI is InChI=1S/C5H10FN/c1-7-3-5(2-6)4-7/h5H,2-4H2,1H3. The van der Waals surface area contributed by atoms with E-state index in [0.29, 0.717) is 5.92 Å². The third-order valence-electron chi connectivity index (χ3n) is 1.36.